The standard InChI is InChI=1S/C19H28N2O4/c1-14-4-5-16(15(2)10-14)6-7-18(22)21-8-9-25-17(12-21)11-20(3)13-19(23)24/h4-5,10,17H,6-9,11-13H2,1-3H3,(H,23,24). The van der Waals surface area contributed by atoms with E-state index in [9.17, 15) is 9.59 Å². The van der Waals surface area contributed by atoms with E-state index in [2.05, 4.69) is 32.0 Å². The summed E-state index contributed by atoms with van der Waals surface area (Å²) in [6, 6.07) is 6.32. The highest BCUT2D eigenvalue weighted by molar-refractivity contribution is 5.76. The second-order valence-corrected chi connectivity index (χ2v) is 6.85. The van der Waals surface area contributed by atoms with Crippen LogP contribution in [0.3, 0.4) is 0 Å². The summed E-state index contributed by atoms with van der Waals surface area (Å²) in [6.45, 7) is 6.25. The number of likely N-dealkylation sites (N-methyl/N-ethyl adjacent to an activating group) is 1. The fourth-order valence-corrected chi connectivity index (χ4v) is 3.23. The molecular formula is C19H28N2O4. The molecule has 0 bridgehead atoms. The van der Waals surface area contributed by atoms with Crippen LogP contribution in [0, 0.1) is 13.8 Å². The zero-order valence-electron chi connectivity index (χ0n) is 15.3. The Morgan fingerprint density at radius 1 is 1.36 bits per heavy atom. The van der Waals surface area contributed by atoms with Crippen molar-refractivity contribution in [1.29, 1.82) is 0 Å². The lowest BCUT2D eigenvalue weighted by atomic mass is 10.0. The van der Waals surface area contributed by atoms with Crippen LogP contribution in [0.1, 0.15) is 23.1 Å². The van der Waals surface area contributed by atoms with E-state index in [0.717, 1.165) is 6.42 Å². The molecule has 1 fully saturated rings. The first kappa shape index (κ1) is 19.4. The Morgan fingerprint density at radius 3 is 2.80 bits per heavy atom. The molecule has 1 N–H and O–H groups in total. The van der Waals surface area contributed by atoms with Gasteiger partial charge in [-0.25, -0.2) is 0 Å². The molecule has 138 valence electrons. The van der Waals surface area contributed by atoms with Crippen molar-refractivity contribution in [1.82, 2.24) is 9.80 Å². The number of amides is 1. The lowest BCUT2D eigenvalue weighted by Gasteiger charge is -2.34. The van der Waals surface area contributed by atoms with Gasteiger partial charge >= 0.3 is 5.97 Å². The molecule has 1 atom stereocenters. The minimum Gasteiger partial charge on any atom is -0.480 e. The molecule has 1 heterocycles. The van der Waals surface area contributed by atoms with Gasteiger partial charge in [0, 0.05) is 26.1 Å². The van der Waals surface area contributed by atoms with Crippen molar-refractivity contribution in [2.75, 3.05) is 39.8 Å². The number of ether oxygens (including phenoxy) is 1. The van der Waals surface area contributed by atoms with Crippen molar-refractivity contribution in [3.05, 3.63) is 34.9 Å². The summed E-state index contributed by atoms with van der Waals surface area (Å²) in [6.07, 6.45) is 1.09. The molecule has 0 aliphatic carbocycles. The summed E-state index contributed by atoms with van der Waals surface area (Å²) < 4.78 is 5.68. The third-order valence-electron chi connectivity index (χ3n) is 4.52. The van der Waals surface area contributed by atoms with Gasteiger partial charge in [0.1, 0.15) is 0 Å². The minimum absolute atomic E-state index is 0.0273. The number of carbonyl (C=O) groups is 2. The number of rotatable bonds is 7. The van der Waals surface area contributed by atoms with Crippen LogP contribution in [-0.2, 0) is 20.7 Å². The van der Waals surface area contributed by atoms with Crippen LogP contribution in [0.4, 0.5) is 0 Å². The van der Waals surface area contributed by atoms with Crippen LogP contribution in [0.5, 0.6) is 0 Å². The van der Waals surface area contributed by atoms with E-state index in [-0.39, 0.29) is 18.6 Å². The third-order valence-corrected chi connectivity index (χ3v) is 4.52. The molecule has 1 aliphatic rings. The quantitative estimate of drug-likeness (QED) is 0.808. The molecular weight excluding hydrogens is 320 g/mol. The van der Waals surface area contributed by atoms with Gasteiger partial charge in [-0.2, -0.15) is 0 Å². The second kappa shape index (κ2) is 8.97. The number of morpholine rings is 1. The largest absolute Gasteiger partial charge is 0.480 e. The third kappa shape index (κ3) is 6.14. The Labute approximate surface area is 149 Å². The number of hydrogen-bond donors (Lipinski definition) is 1. The first-order chi connectivity index (χ1) is 11.8. The normalized spacial score (nSPS) is 17.8. The lowest BCUT2D eigenvalue weighted by molar-refractivity contribution is -0.142. The molecule has 0 spiro atoms. The van der Waals surface area contributed by atoms with Gasteiger partial charge < -0.3 is 14.7 Å². The van der Waals surface area contributed by atoms with Crippen molar-refractivity contribution in [2.24, 2.45) is 0 Å². The van der Waals surface area contributed by atoms with E-state index in [1.807, 2.05) is 4.90 Å². The highest BCUT2D eigenvalue weighted by atomic mass is 16.5. The van der Waals surface area contributed by atoms with Crippen molar-refractivity contribution >= 4 is 11.9 Å². The number of nitrogens with zero attached hydrogens (tertiary/aromatic N) is 2. The summed E-state index contributed by atoms with van der Waals surface area (Å²) in [4.78, 5) is 26.8. The second-order valence-electron chi connectivity index (χ2n) is 6.85. The van der Waals surface area contributed by atoms with Crippen molar-refractivity contribution < 1.29 is 19.4 Å². The molecule has 0 aromatic heterocycles. The Hall–Kier alpha value is -1.92. The van der Waals surface area contributed by atoms with Gasteiger partial charge in [0.25, 0.3) is 0 Å². The van der Waals surface area contributed by atoms with Crippen molar-refractivity contribution in [3.8, 4) is 0 Å². The number of aliphatic carboxylic acids is 1. The van der Waals surface area contributed by atoms with Gasteiger partial charge in [-0.15, -0.1) is 0 Å². The molecule has 1 aliphatic heterocycles. The molecule has 6 heteroatoms. The first-order valence-corrected chi connectivity index (χ1v) is 8.71. The fourth-order valence-electron chi connectivity index (χ4n) is 3.23. The van der Waals surface area contributed by atoms with Gasteiger partial charge in [0.2, 0.25) is 5.91 Å². The SMILES string of the molecule is Cc1ccc(CCC(=O)N2CCOC(CN(C)CC(=O)O)C2)c(C)c1. The highest BCUT2D eigenvalue weighted by Crippen LogP contribution is 2.14. The molecule has 1 unspecified atom stereocenters. The Bertz CT molecular complexity index is 617. The number of carboxylic acid groups (broad SMARTS) is 1. The van der Waals surface area contributed by atoms with E-state index in [0.29, 0.717) is 32.7 Å². The first-order valence-electron chi connectivity index (χ1n) is 8.71. The average molecular weight is 348 g/mol. The maximum Gasteiger partial charge on any atom is 0.317 e. The number of benzene rings is 1. The maximum absolute atomic E-state index is 12.5. The van der Waals surface area contributed by atoms with E-state index in [1.165, 1.54) is 16.7 Å². The number of carbonyl (C=O) groups excluding carboxylic acids is 1. The predicted octanol–water partition coefficient (Wildman–Crippen LogP) is 1.48. The Kier molecular flexibility index (Phi) is 6.96. The molecule has 1 aromatic carbocycles. The monoisotopic (exact) mass is 348 g/mol. The number of hydrogen-bond acceptors (Lipinski definition) is 4. The van der Waals surface area contributed by atoms with Crippen molar-refractivity contribution in [2.45, 2.75) is 32.8 Å². The molecule has 1 amide bonds. The summed E-state index contributed by atoms with van der Waals surface area (Å²) >= 11 is 0. The molecule has 1 aromatic rings. The molecule has 25 heavy (non-hydrogen) atoms. The summed E-state index contributed by atoms with van der Waals surface area (Å²) in [5.41, 5.74) is 3.67. The van der Waals surface area contributed by atoms with Crippen LogP contribution in [-0.4, -0.2) is 72.7 Å². The summed E-state index contributed by atoms with van der Waals surface area (Å²) in [5.74, 6) is -0.728. The molecule has 1 saturated heterocycles. The number of aryl methyl sites for hydroxylation is 3. The number of carboxylic acids is 1. The smallest absolute Gasteiger partial charge is 0.317 e. The lowest BCUT2D eigenvalue weighted by Crippen LogP contribution is -2.49. The van der Waals surface area contributed by atoms with E-state index in [4.69, 9.17) is 9.84 Å². The van der Waals surface area contributed by atoms with Crippen LogP contribution >= 0.6 is 0 Å². The van der Waals surface area contributed by atoms with Crippen LogP contribution in [0.15, 0.2) is 18.2 Å². The molecule has 0 saturated carbocycles. The zero-order chi connectivity index (χ0) is 18.4. The van der Waals surface area contributed by atoms with Gasteiger partial charge in [0.15, 0.2) is 0 Å². The van der Waals surface area contributed by atoms with Crippen molar-refractivity contribution in [3.63, 3.8) is 0 Å². The molecule has 2 rings (SSSR count). The minimum atomic E-state index is -0.861. The predicted molar refractivity (Wildman–Crippen MR) is 95.7 cm³/mol. The van der Waals surface area contributed by atoms with E-state index < -0.39 is 5.97 Å². The van der Waals surface area contributed by atoms with E-state index >= 15 is 0 Å². The van der Waals surface area contributed by atoms with Gasteiger partial charge in [-0.3, -0.25) is 14.5 Å². The summed E-state index contributed by atoms with van der Waals surface area (Å²) in [7, 11) is 1.75. The maximum atomic E-state index is 12.5. The Balaban J connectivity index is 1.83. The van der Waals surface area contributed by atoms with Crippen LogP contribution in [0.2, 0.25) is 0 Å². The summed E-state index contributed by atoms with van der Waals surface area (Å²) in [5, 5.41) is 8.82. The van der Waals surface area contributed by atoms with Gasteiger partial charge in [-0.1, -0.05) is 23.8 Å². The Morgan fingerprint density at radius 2 is 2.12 bits per heavy atom. The van der Waals surface area contributed by atoms with Gasteiger partial charge in [0.05, 0.1) is 19.3 Å². The van der Waals surface area contributed by atoms with Crippen LogP contribution < -0.4 is 0 Å². The molecule has 6 nitrogen and oxygen atoms in total. The van der Waals surface area contributed by atoms with Gasteiger partial charge in [-0.05, 0) is 38.4 Å². The van der Waals surface area contributed by atoms with E-state index in [1.54, 1.807) is 11.9 Å². The zero-order valence-corrected chi connectivity index (χ0v) is 15.3. The topological polar surface area (TPSA) is 70.1 Å². The average Bonchev–Trinajstić information content (AvgIpc) is 2.53. The highest BCUT2D eigenvalue weighted by Gasteiger charge is 2.25. The van der Waals surface area contributed by atoms with Crippen LogP contribution in [0.25, 0.3) is 0 Å². The fraction of sp³-hybridized carbons (Fsp3) is 0.579. The molecule has 0 radical (unpaired) electrons.